The highest BCUT2D eigenvalue weighted by Gasteiger charge is 2.23. The Hall–Kier alpha value is -2.63. The summed E-state index contributed by atoms with van der Waals surface area (Å²) in [7, 11) is 0. The molecule has 0 spiro atoms. The van der Waals surface area contributed by atoms with E-state index in [4.69, 9.17) is 4.74 Å². The van der Waals surface area contributed by atoms with Crippen molar-refractivity contribution in [1.29, 1.82) is 0 Å². The second-order valence-electron chi connectivity index (χ2n) is 7.69. The topological polar surface area (TPSA) is 83.7 Å². The molecule has 0 saturated heterocycles. The largest absolute Gasteiger partial charge is 0.490 e. The van der Waals surface area contributed by atoms with E-state index >= 15 is 0 Å². The van der Waals surface area contributed by atoms with Crippen LogP contribution in [0.15, 0.2) is 29.3 Å². The van der Waals surface area contributed by atoms with Crippen molar-refractivity contribution in [1.82, 2.24) is 19.9 Å². The fourth-order valence-corrected chi connectivity index (χ4v) is 3.97. The fourth-order valence-electron chi connectivity index (χ4n) is 3.97. The van der Waals surface area contributed by atoms with Gasteiger partial charge >= 0.3 is 0 Å². The van der Waals surface area contributed by atoms with Crippen molar-refractivity contribution < 1.29 is 4.74 Å². The van der Waals surface area contributed by atoms with E-state index in [0.29, 0.717) is 23.5 Å². The van der Waals surface area contributed by atoms with Crippen molar-refractivity contribution >= 4 is 11.2 Å². The smallest absolute Gasteiger partial charge is 0.276 e. The maximum atomic E-state index is 11.9. The summed E-state index contributed by atoms with van der Waals surface area (Å²) in [5.41, 5.74) is 3.18. The number of nitrogens with one attached hydrogen (secondary N) is 2. The number of hydrogen-bond donors (Lipinski definition) is 2. The van der Waals surface area contributed by atoms with E-state index in [2.05, 4.69) is 45.9 Å². The molecule has 142 valence electrons. The van der Waals surface area contributed by atoms with Gasteiger partial charge in [-0.1, -0.05) is 31.7 Å². The zero-order valence-electron chi connectivity index (χ0n) is 15.9. The number of hydrogen-bond acceptors (Lipinski definition) is 4. The van der Waals surface area contributed by atoms with Crippen LogP contribution in [0, 0.1) is 19.8 Å². The number of rotatable bonds is 6. The summed E-state index contributed by atoms with van der Waals surface area (Å²) >= 11 is 0. The Balaban J connectivity index is 1.56. The lowest BCUT2D eigenvalue weighted by atomic mass is 9.98. The van der Waals surface area contributed by atoms with Gasteiger partial charge < -0.3 is 14.7 Å². The number of H-pyrrole nitrogens is 2. The molecule has 2 aromatic heterocycles. The zero-order chi connectivity index (χ0) is 18.8. The standard InChI is InChI=1S/C21H26N4O2/c1-13-7-8-16(9-14(13)2)27-17(10-15-5-3-4-6-15)11-18-24-19-20(25-18)22-12-23-21(19)26/h7-9,12,15,17H,3-6,10-11H2,1-2H3,(H2,22,23,24,25,26). The van der Waals surface area contributed by atoms with E-state index in [-0.39, 0.29) is 11.7 Å². The first-order valence-corrected chi connectivity index (χ1v) is 9.74. The molecule has 1 aliphatic rings. The molecule has 1 saturated carbocycles. The van der Waals surface area contributed by atoms with Gasteiger partial charge in [0.25, 0.3) is 5.56 Å². The Kier molecular flexibility index (Phi) is 4.97. The van der Waals surface area contributed by atoms with E-state index in [1.54, 1.807) is 0 Å². The summed E-state index contributed by atoms with van der Waals surface area (Å²) in [6.07, 6.45) is 8.22. The molecule has 1 atom stereocenters. The summed E-state index contributed by atoms with van der Waals surface area (Å²) in [6, 6.07) is 6.23. The molecule has 0 amide bonds. The Labute approximate surface area is 158 Å². The Morgan fingerprint density at radius 3 is 2.78 bits per heavy atom. The molecule has 1 fully saturated rings. The highest BCUT2D eigenvalue weighted by atomic mass is 16.5. The van der Waals surface area contributed by atoms with Crippen molar-refractivity contribution in [3.8, 4) is 5.75 Å². The van der Waals surface area contributed by atoms with Crippen LogP contribution in [0.5, 0.6) is 5.75 Å². The number of imidazole rings is 1. The lowest BCUT2D eigenvalue weighted by Crippen LogP contribution is -2.23. The van der Waals surface area contributed by atoms with Crippen molar-refractivity contribution in [2.45, 2.75) is 58.5 Å². The highest BCUT2D eigenvalue weighted by molar-refractivity contribution is 5.68. The number of aromatic amines is 2. The predicted molar refractivity (Wildman–Crippen MR) is 105 cm³/mol. The van der Waals surface area contributed by atoms with Crippen LogP contribution in [0.1, 0.15) is 49.1 Å². The molecule has 27 heavy (non-hydrogen) atoms. The SMILES string of the molecule is Cc1ccc(OC(Cc2nc3nc[nH]c(=O)c3[nH]2)CC2CCCC2)cc1C. The zero-order valence-corrected chi connectivity index (χ0v) is 15.9. The Morgan fingerprint density at radius 2 is 2.04 bits per heavy atom. The van der Waals surface area contributed by atoms with Crippen molar-refractivity contribution in [2.75, 3.05) is 0 Å². The van der Waals surface area contributed by atoms with E-state index in [1.165, 1.54) is 43.1 Å². The number of benzene rings is 1. The Bertz CT molecular complexity index is 985. The normalized spacial score (nSPS) is 16.1. The van der Waals surface area contributed by atoms with Crippen LogP contribution in [0.2, 0.25) is 0 Å². The molecule has 2 N–H and O–H groups in total. The molecule has 0 radical (unpaired) electrons. The third kappa shape index (κ3) is 4.04. The molecular formula is C21H26N4O2. The van der Waals surface area contributed by atoms with Crippen LogP contribution < -0.4 is 10.3 Å². The second kappa shape index (κ2) is 7.55. The maximum absolute atomic E-state index is 11.9. The van der Waals surface area contributed by atoms with Crippen LogP contribution in [-0.2, 0) is 6.42 Å². The monoisotopic (exact) mass is 366 g/mol. The lowest BCUT2D eigenvalue weighted by molar-refractivity contribution is 0.166. The molecule has 6 heteroatoms. The molecule has 0 aliphatic heterocycles. The van der Waals surface area contributed by atoms with Gasteiger partial charge in [-0.05, 0) is 49.4 Å². The summed E-state index contributed by atoms with van der Waals surface area (Å²) in [4.78, 5) is 26.3. The number of fused-ring (bicyclic) bond motifs is 1. The van der Waals surface area contributed by atoms with E-state index in [9.17, 15) is 4.79 Å². The van der Waals surface area contributed by atoms with Gasteiger partial charge in [0, 0.05) is 6.42 Å². The van der Waals surface area contributed by atoms with Gasteiger partial charge in [-0.15, -0.1) is 0 Å². The number of aromatic nitrogens is 4. The molecular weight excluding hydrogens is 340 g/mol. The minimum atomic E-state index is -0.193. The molecule has 4 rings (SSSR count). The molecule has 3 aromatic rings. The van der Waals surface area contributed by atoms with Crippen molar-refractivity contribution in [2.24, 2.45) is 5.92 Å². The fraction of sp³-hybridized carbons (Fsp3) is 0.476. The third-order valence-corrected chi connectivity index (χ3v) is 5.62. The number of aryl methyl sites for hydroxylation is 2. The van der Waals surface area contributed by atoms with Crippen molar-refractivity contribution in [3.05, 3.63) is 51.8 Å². The van der Waals surface area contributed by atoms with Gasteiger partial charge in [0.2, 0.25) is 0 Å². The summed E-state index contributed by atoms with van der Waals surface area (Å²) < 4.78 is 6.38. The van der Waals surface area contributed by atoms with Crippen LogP contribution in [-0.4, -0.2) is 26.0 Å². The summed E-state index contributed by atoms with van der Waals surface area (Å²) in [5.74, 6) is 2.35. The van der Waals surface area contributed by atoms with Gasteiger partial charge in [-0.25, -0.2) is 9.97 Å². The quantitative estimate of drug-likeness (QED) is 0.694. The van der Waals surface area contributed by atoms with E-state index < -0.39 is 0 Å². The van der Waals surface area contributed by atoms with Crippen LogP contribution in [0.25, 0.3) is 11.2 Å². The summed E-state index contributed by atoms with van der Waals surface area (Å²) in [6.45, 7) is 4.21. The van der Waals surface area contributed by atoms with Crippen LogP contribution >= 0.6 is 0 Å². The second-order valence-corrected chi connectivity index (χ2v) is 7.69. The highest BCUT2D eigenvalue weighted by Crippen LogP contribution is 2.31. The lowest BCUT2D eigenvalue weighted by Gasteiger charge is -2.22. The van der Waals surface area contributed by atoms with Gasteiger partial charge in [0.15, 0.2) is 11.2 Å². The average Bonchev–Trinajstić information content (AvgIpc) is 3.28. The molecule has 1 aromatic carbocycles. The van der Waals surface area contributed by atoms with Gasteiger partial charge in [0.1, 0.15) is 17.7 Å². The van der Waals surface area contributed by atoms with Crippen molar-refractivity contribution in [3.63, 3.8) is 0 Å². The van der Waals surface area contributed by atoms with E-state index in [0.717, 1.165) is 18.0 Å². The molecule has 1 unspecified atom stereocenters. The number of ether oxygens (including phenoxy) is 1. The molecule has 2 heterocycles. The minimum Gasteiger partial charge on any atom is -0.490 e. The van der Waals surface area contributed by atoms with E-state index in [1.807, 2.05) is 6.07 Å². The first-order chi connectivity index (χ1) is 13.1. The maximum Gasteiger partial charge on any atom is 0.276 e. The van der Waals surface area contributed by atoms with Gasteiger partial charge in [-0.2, -0.15) is 0 Å². The first-order valence-electron chi connectivity index (χ1n) is 9.74. The molecule has 0 bridgehead atoms. The van der Waals surface area contributed by atoms with Crippen LogP contribution in [0.4, 0.5) is 0 Å². The number of nitrogens with zero attached hydrogens (tertiary/aromatic N) is 2. The van der Waals surface area contributed by atoms with Gasteiger partial charge in [-0.3, -0.25) is 4.79 Å². The van der Waals surface area contributed by atoms with Crippen LogP contribution in [0.3, 0.4) is 0 Å². The predicted octanol–water partition coefficient (Wildman–Crippen LogP) is 3.83. The Morgan fingerprint density at radius 1 is 1.22 bits per heavy atom. The molecule has 1 aliphatic carbocycles. The van der Waals surface area contributed by atoms with Gasteiger partial charge in [0.05, 0.1) is 6.33 Å². The first kappa shape index (κ1) is 17.8. The summed E-state index contributed by atoms with van der Waals surface area (Å²) in [5, 5.41) is 0. The average molecular weight is 366 g/mol. The third-order valence-electron chi connectivity index (χ3n) is 5.62. The minimum absolute atomic E-state index is 0.0230. The molecule has 6 nitrogen and oxygen atoms in total.